The predicted molar refractivity (Wildman–Crippen MR) is 175 cm³/mol. The van der Waals surface area contributed by atoms with Crippen LogP contribution in [0.1, 0.15) is 54.1 Å². The van der Waals surface area contributed by atoms with Crippen molar-refractivity contribution in [3.63, 3.8) is 0 Å². The molecule has 5 rings (SSSR count). The maximum Gasteiger partial charge on any atom is 0.301 e. The number of hydrogen-bond donors (Lipinski definition) is 1. The maximum atomic E-state index is 14.2. The number of aliphatic hydroxyl groups is 1. The lowest BCUT2D eigenvalue weighted by atomic mass is 9.93. The highest BCUT2D eigenvalue weighted by Crippen LogP contribution is 2.46. The van der Waals surface area contributed by atoms with Crippen LogP contribution in [0.15, 0.2) is 70.6 Å². The van der Waals surface area contributed by atoms with Crippen molar-refractivity contribution in [2.24, 2.45) is 5.92 Å². The van der Waals surface area contributed by atoms with Crippen molar-refractivity contribution in [3.05, 3.63) is 99.9 Å². The highest BCUT2D eigenvalue weighted by Gasteiger charge is 2.48. The van der Waals surface area contributed by atoms with Crippen LogP contribution < -0.4 is 14.4 Å². The molecule has 0 saturated carbocycles. The Morgan fingerprint density at radius 3 is 2.58 bits per heavy atom. The number of ether oxygens (including phenoxy) is 2. The number of carbonyl (C=O) groups excluding carboxylic acids is 2. The van der Waals surface area contributed by atoms with E-state index in [0.717, 1.165) is 28.9 Å². The van der Waals surface area contributed by atoms with E-state index in [1.165, 1.54) is 29.8 Å². The quantitative estimate of drug-likeness (QED) is 0.0583. The van der Waals surface area contributed by atoms with Gasteiger partial charge in [-0.2, -0.15) is 0 Å². The molecule has 2 heterocycles. The van der Waals surface area contributed by atoms with Gasteiger partial charge in [0.25, 0.3) is 5.78 Å². The molecule has 0 bridgehead atoms. The Balaban J connectivity index is 1.58. The van der Waals surface area contributed by atoms with Crippen LogP contribution in [0, 0.1) is 25.6 Å². The van der Waals surface area contributed by atoms with Crippen LogP contribution >= 0.6 is 23.1 Å². The Hall–Kier alpha value is -4.22. The fraction of sp³-hybridized carbons (Fsp3) is 0.294. The molecule has 1 N–H and O–H groups in total. The second kappa shape index (κ2) is 13.8. The Labute approximate surface area is 269 Å². The number of methoxy groups -OCH3 is 1. The monoisotopic (exact) mass is 647 g/mol. The van der Waals surface area contributed by atoms with Crippen LogP contribution in [0.3, 0.4) is 0 Å². The second-order valence-corrected chi connectivity index (χ2v) is 13.3. The van der Waals surface area contributed by atoms with Gasteiger partial charge in [-0.3, -0.25) is 14.5 Å². The highest BCUT2D eigenvalue weighted by molar-refractivity contribution is 8.00. The molecule has 1 aliphatic rings. The first kappa shape index (κ1) is 32.2. The molecule has 0 aliphatic carbocycles. The van der Waals surface area contributed by atoms with Gasteiger partial charge < -0.3 is 14.6 Å². The molecule has 1 aromatic heterocycles. The Morgan fingerprint density at radius 2 is 1.84 bits per heavy atom. The summed E-state index contributed by atoms with van der Waals surface area (Å²) in [5, 5.41) is 20.3. The zero-order valence-corrected chi connectivity index (χ0v) is 27.3. The summed E-state index contributed by atoms with van der Waals surface area (Å²) in [7, 11) is 1.52. The minimum Gasteiger partial charge on any atom is -0.507 e. The molecule has 8 nitrogen and oxygen atoms in total. The van der Waals surface area contributed by atoms with E-state index in [-0.39, 0.29) is 22.3 Å². The van der Waals surface area contributed by atoms with E-state index in [9.17, 15) is 19.1 Å². The van der Waals surface area contributed by atoms with Crippen molar-refractivity contribution in [3.8, 4) is 11.5 Å². The third-order valence-electron chi connectivity index (χ3n) is 7.46. The number of hydrogen-bond acceptors (Lipinski definition) is 9. The Morgan fingerprint density at radius 1 is 1.07 bits per heavy atom. The summed E-state index contributed by atoms with van der Waals surface area (Å²) in [6.07, 6.45) is 0.856. The lowest BCUT2D eigenvalue weighted by molar-refractivity contribution is -0.132. The van der Waals surface area contributed by atoms with Crippen LogP contribution in [0.4, 0.5) is 9.52 Å². The molecule has 11 heteroatoms. The standard InChI is InChI=1S/C34H34FN3O5S2/c1-19(2)14-15-43-26-13-12-22(17-27(26)42-5)29-28(30(39)24-16-20(3)10-11-21(24)4)31(40)32(41)38(29)33-36-37-34(45-33)44-18-23-8-6-7-9-25(23)35/h6-13,16-17,19,29,39H,14-15,18H2,1-5H3. The Bertz CT molecular complexity index is 1770. The molecule has 1 fully saturated rings. The summed E-state index contributed by atoms with van der Waals surface area (Å²) in [5.74, 6) is -0.569. The van der Waals surface area contributed by atoms with Gasteiger partial charge >= 0.3 is 5.91 Å². The van der Waals surface area contributed by atoms with Gasteiger partial charge in [0.2, 0.25) is 5.13 Å². The third-order valence-corrected chi connectivity index (χ3v) is 9.56. The molecular formula is C34H34FN3O5S2. The second-order valence-electron chi connectivity index (χ2n) is 11.2. The lowest BCUT2D eigenvalue weighted by Crippen LogP contribution is -2.29. The van der Waals surface area contributed by atoms with Gasteiger partial charge in [0.05, 0.1) is 25.3 Å². The van der Waals surface area contributed by atoms with E-state index in [1.807, 2.05) is 26.0 Å². The van der Waals surface area contributed by atoms with Crippen molar-refractivity contribution < 1.29 is 28.6 Å². The van der Waals surface area contributed by atoms with E-state index in [2.05, 4.69) is 24.0 Å². The van der Waals surface area contributed by atoms with Crippen molar-refractivity contribution in [2.75, 3.05) is 18.6 Å². The number of ketones is 1. The number of amides is 1. The molecule has 1 unspecified atom stereocenters. The largest absolute Gasteiger partial charge is 0.507 e. The molecule has 234 valence electrons. The molecular weight excluding hydrogens is 614 g/mol. The summed E-state index contributed by atoms with van der Waals surface area (Å²) < 4.78 is 26.3. The van der Waals surface area contributed by atoms with Gasteiger partial charge in [0, 0.05) is 11.3 Å². The highest BCUT2D eigenvalue weighted by atomic mass is 32.2. The Kier molecular flexibility index (Phi) is 9.89. The molecule has 1 atom stereocenters. The van der Waals surface area contributed by atoms with E-state index in [4.69, 9.17) is 9.47 Å². The van der Waals surface area contributed by atoms with Crippen LogP contribution in [0.25, 0.3) is 5.76 Å². The van der Waals surface area contributed by atoms with Crippen LogP contribution in [0.2, 0.25) is 0 Å². The minimum atomic E-state index is -1.03. The summed E-state index contributed by atoms with van der Waals surface area (Å²) in [4.78, 5) is 28.7. The van der Waals surface area contributed by atoms with Crippen LogP contribution in [-0.4, -0.2) is 40.7 Å². The number of benzene rings is 3. The van der Waals surface area contributed by atoms with E-state index in [1.54, 1.807) is 42.5 Å². The third kappa shape index (κ3) is 6.89. The number of nitrogens with zero attached hydrogens (tertiary/aromatic N) is 3. The first-order chi connectivity index (χ1) is 21.6. The molecule has 1 aliphatic heterocycles. The number of halogens is 1. The number of aliphatic hydroxyl groups excluding tert-OH is 1. The SMILES string of the molecule is COc1cc(C2C(=C(O)c3cc(C)ccc3C)C(=O)C(=O)N2c2nnc(SCc3ccccc3F)s2)ccc1OCCC(C)C. The molecule has 4 aromatic rings. The molecule has 1 amide bonds. The number of Topliss-reactive ketones (excluding diaryl/α,β-unsaturated/α-hetero) is 1. The molecule has 0 spiro atoms. The smallest absolute Gasteiger partial charge is 0.301 e. The number of thioether (sulfide) groups is 1. The molecule has 3 aromatic carbocycles. The number of aryl methyl sites for hydroxylation is 2. The number of carbonyl (C=O) groups is 2. The van der Waals surface area contributed by atoms with Crippen molar-refractivity contribution >= 4 is 45.7 Å². The summed E-state index contributed by atoms with van der Waals surface area (Å²) in [5.41, 5.74) is 3.05. The van der Waals surface area contributed by atoms with E-state index in [0.29, 0.717) is 50.8 Å². The molecule has 45 heavy (non-hydrogen) atoms. The number of aromatic nitrogens is 2. The van der Waals surface area contributed by atoms with Gasteiger partial charge in [-0.05, 0) is 67.1 Å². The first-order valence-electron chi connectivity index (χ1n) is 14.5. The molecule has 0 radical (unpaired) electrons. The van der Waals surface area contributed by atoms with Gasteiger partial charge in [-0.15, -0.1) is 10.2 Å². The van der Waals surface area contributed by atoms with Gasteiger partial charge in [-0.1, -0.05) is 78.9 Å². The van der Waals surface area contributed by atoms with Gasteiger partial charge in [-0.25, -0.2) is 4.39 Å². The number of rotatable bonds is 11. The average molecular weight is 648 g/mol. The summed E-state index contributed by atoms with van der Waals surface area (Å²) in [6.45, 7) is 8.43. The zero-order valence-electron chi connectivity index (χ0n) is 25.7. The number of anilines is 1. The minimum absolute atomic E-state index is 0.0695. The van der Waals surface area contributed by atoms with Crippen molar-refractivity contribution in [2.45, 2.75) is 50.3 Å². The predicted octanol–water partition coefficient (Wildman–Crippen LogP) is 7.65. The van der Waals surface area contributed by atoms with Crippen molar-refractivity contribution in [1.82, 2.24) is 10.2 Å². The van der Waals surface area contributed by atoms with Gasteiger partial charge in [0.15, 0.2) is 15.8 Å². The summed E-state index contributed by atoms with van der Waals surface area (Å²) in [6, 6.07) is 16.2. The normalized spacial score (nSPS) is 16.1. The van der Waals surface area contributed by atoms with E-state index < -0.39 is 17.7 Å². The van der Waals surface area contributed by atoms with Crippen LogP contribution in [-0.2, 0) is 15.3 Å². The molecule has 1 saturated heterocycles. The zero-order chi connectivity index (χ0) is 32.2. The van der Waals surface area contributed by atoms with Gasteiger partial charge in [0.1, 0.15) is 11.6 Å². The summed E-state index contributed by atoms with van der Waals surface area (Å²) >= 11 is 2.39. The van der Waals surface area contributed by atoms with Crippen LogP contribution in [0.5, 0.6) is 11.5 Å². The first-order valence-corrected chi connectivity index (χ1v) is 16.3. The maximum absolute atomic E-state index is 14.2. The van der Waals surface area contributed by atoms with Crippen molar-refractivity contribution in [1.29, 1.82) is 0 Å². The fourth-order valence-corrected chi connectivity index (χ4v) is 6.83. The lowest BCUT2D eigenvalue weighted by Gasteiger charge is -2.24. The fourth-order valence-electron chi connectivity index (χ4n) is 4.97. The van der Waals surface area contributed by atoms with E-state index >= 15 is 0 Å². The average Bonchev–Trinajstić information content (AvgIpc) is 3.59. The topological polar surface area (TPSA) is 102 Å².